The predicted octanol–water partition coefficient (Wildman–Crippen LogP) is -4.92. The van der Waals surface area contributed by atoms with Crippen molar-refractivity contribution in [3.63, 3.8) is 0 Å². The third-order valence-corrected chi connectivity index (χ3v) is 1.19. The number of Topliss-reactive ketones (excluding diaryl/α,β-unsaturated/α-hetero) is 1. The van der Waals surface area contributed by atoms with Crippen molar-refractivity contribution in [1.29, 1.82) is 0 Å². The van der Waals surface area contributed by atoms with Gasteiger partial charge in [-0.25, -0.2) is 0 Å². The predicted molar refractivity (Wildman–Crippen MR) is 52.4 cm³/mol. The summed E-state index contributed by atoms with van der Waals surface area (Å²) in [5.41, 5.74) is 4.94. The fourth-order valence-corrected chi connectivity index (χ4v) is 0.234. The number of nitrogens with two attached hydrogens (primary N) is 1. The molecule has 6 nitrogen and oxygen atoms in total. The maximum atomic E-state index is 9.76. The Morgan fingerprint density at radius 2 is 1.73 bits per heavy atom. The quantitative estimate of drug-likeness (QED) is 0.268. The van der Waals surface area contributed by atoms with Crippen LogP contribution in [-0.2, 0) is 14.4 Å². The number of carbonyl (C=O) groups is 3. The van der Waals surface area contributed by atoms with Gasteiger partial charge in [0.2, 0.25) is 0 Å². The van der Waals surface area contributed by atoms with E-state index in [-0.39, 0.29) is 47.7 Å². The SMILES string of the molecule is CC(=O)C(=O)[O-].Cl.NC(CS)C(=O)O.[Na+]. The molecule has 1 unspecified atom stereocenters. The van der Waals surface area contributed by atoms with Gasteiger partial charge in [0, 0.05) is 12.7 Å². The summed E-state index contributed by atoms with van der Waals surface area (Å²) >= 11 is 3.65. The number of rotatable bonds is 3. The monoisotopic (exact) mass is 267 g/mol. The number of carbonyl (C=O) groups excluding carboxylic acids is 2. The van der Waals surface area contributed by atoms with E-state index in [2.05, 4.69) is 12.6 Å². The maximum absolute atomic E-state index is 9.76. The Labute approximate surface area is 121 Å². The smallest absolute Gasteiger partial charge is 0.542 e. The molecule has 0 bridgehead atoms. The summed E-state index contributed by atoms with van der Waals surface area (Å²) in [7, 11) is 0. The van der Waals surface area contributed by atoms with Gasteiger partial charge in [-0.3, -0.25) is 9.59 Å². The first-order chi connectivity index (χ1) is 5.82. The average Bonchev–Trinajstić information content (AvgIpc) is 2.03. The number of aliphatic carboxylic acids is 2. The van der Waals surface area contributed by atoms with Crippen LogP contribution in [0, 0.1) is 0 Å². The van der Waals surface area contributed by atoms with Gasteiger partial charge >= 0.3 is 35.5 Å². The molecule has 0 radical (unpaired) electrons. The van der Waals surface area contributed by atoms with Gasteiger partial charge < -0.3 is 20.7 Å². The van der Waals surface area contributed by atoms with Gasteiger partial charge in [-0.2, -0.15) is 12.6 Å². The van der Waals surface area contributed by atoms with E-state index in [0.29, 0.717) is 0 Å². The van der Waals surface area contributed by atoms with Gasteiger partial charge in [0.1, 0.15) is 12.0 Å². The van der Waals surface area contributed by atoms with Crippen molar-refractivity contribution < 1.29 is 54.2 Å². The molecule has 0 fully saturated rings. The van der Waals surface area contributed by atoms with Crippen LogP contribution in [0.2, 0.25) is 0 Å². The molecular weight excluding hydrogens is 257 g/mol. The maximum Gasteiger partial charge on any atom is 1.00 e. The zero-order valence-electron chi connectivity index (χ0n) is 8.30. The molecule has 0 saturated carbocycles. The van der Waals surface area contributed by atoms with Crippen LogP contribution >= 0.6 is 25.0 Å². The van der Waals surface area contributed by atoms with Crippen molar-refractivity contribution >= 4 is 42.8 Å². The summed E-state index contributed by atoms with van der Waals surface area (Å²) in [5.74, 6) is -3.38. The van der Waals surface area contributed by atoms with E-state index in [1.54, 1.807) is 0 Å². The first-order valence-corrected chi connectivity index (χ1v) is 3.77. The summed E-state index contributed by atoms with van der Waals surface area (Å²) in [6.45, 7) is 0.940. The molecule has 9 heteroatoms. The second-order valence-corrected chi connectivity index (χ2v) is 2.34. The molecule has 0 saturated heterocycles. The van der Waals surface area contributed by atoms with Crippen molar-refractivity contribution in [3.05, 3.63) is 0 Å². The van der Waals surface area contributed by atoms with Crippen LogP contribution in [-0.4, -0.2) is 34.6 Å². The first-order valence-electron chi connectivity index (χ1n) is 3.14. The molecule has 0 amide bonds. The van der Waals surface area contributed by atoms with Crippen molar-refractivity contribution in [2.75, 3.05) is 5.75 Å². The Morgan fingerprint density at radius 3 is 1.73 bits per heavy atom. The minimum absolute atomic E-state index is 0. The van der Waals surface area contributed by atoms with E-state index in [1.807, 2.05) is 0 Å². The second-order valence-electron chi connectivity index (χ2n) is 1.97. The molecule has 0 aromatic heterocycles. The normalized spacial score (nSPS) is 9.27. The van der Waals surface area contributed by atoms with Crippen LogP contribution in [0.25, 0.3) is 0 Å². The summed E-state index contributed by atoms with van der Waals surface area (Å²) < 4.78 is 0. The van der Waals surface area contributed by atoms with Crippen molar-refractivity contribution in [2.45, 2.75) is 13.0 Å². The zero-order chi connectivity index (χ0) is 11.0. The fraction of sp³-hybridized carbons (Fsp3) is 0.500. The Hall–Kier alpha value is 0.210. The van der Waals surface area contributed by atoms with Gasteiger partial charge in [0.25, 0.3) is 0 Å². The van der Waals surface area contributed by atoms with Gasteiger partial charge in [0.15, 0.2) is 5.78 Å². The summed E-state index contributed by atoms with van der Waals surface area (Å²) in [6, 6.07) is -0.816. The van der Waals surface area contributed by atoms with Gasteiger partial charge in [-0.1, -0.05) is 0 Å². The average molecular weight is 268 g/mol. The first kappa shape index (κ1) is 24.4. The molecule has 0 aliphatic heterocycles. The molecular formula is C6H11ClNNaO5S. The van der Waals surface area contributed by atoms with Crippen LogP contribution in [0.3, 0.4) is 0 Å². The molecule has 0 aromatic rings. The van der Waals surface area contributed by atoms with Crippen molar-refractivity contribution in [2.24, 2.45) is 5.73 Å². The second kappa shape index (κ2) is 14.2. The van der Waals surface area contributed by atoms with Crippen LogP contribution in [0.4, 0.5) is 0 Å². The Morgan fingerprint density at radius 1 is 1.47 bits per heavy atom. The van der Waals surface area contributed by atoms with E-state index in [0.717, 1.165) is 6.92 Å². The molecule has 0 aromatic carbocycles. The molecule has 1 atom stereocenters. The number of hydrogen-bond acceptors (Lipinski definition) is 6. The summed E-state index contributed by atoms with van der Waals surface area (Å²) in [6.07, 6.45) is 0. The standard InChI is InChI=1S/C3H7NO2S.C3H4O3.ClH.Na/c4-2(1-7)3(5)6;1-2(4)3(5)6;;/h2,7H,1,4H2,(H,5,6);1H3,(H,5,6);1H;/q;;;+1/p-1. The Bertz CT molecular complexity index is 204. The fourth-order valence-electron chi connectivity index (χ4n) is 0.0781. The van der Waals surface area contributed by atoms with Crippen LogP contribution < -0.4 is 40.4 Å². The summed E-state index contributed by atoms with van der Waals surface area (Å²) in [5, 5.41) is 17.2. The van der Waals surface area contributed by atoms with Crippen LogP contribution in [0.1, 0.15) is 6.92 Å². The minimum Gasteiger partial charge on any atom is -0.542 e. The zero-order valence-corrected chi connectivity index (χ0v) is 12.0. The van der Waals surface area contributed by atoms with Crippen molar-refractivity contribution in [1.82, 2.24) is 0 Å². The topological polar surface area (TPSA) is 121 Å². The molecule has 0 aliphatic carbocycles. The van der Waals surface area contributed by atoms with E-state index in [9.17, 15) is 19.5 Å². The number of hydrogen-bond donors (Lipinski definition) is 3. The molecule has 84 valence electrons. The number of ketones is 1. The largest absolute Gasteiger partial charge is 1.00 e. The van der Waals surface area contributed by atoms with E-state index in [1.165, 1.54) is 0 Å². The third kappa shape index (κ3) is 20.3. The van der Waals surface area contributed by atoms with Gasteiger partial charge in [-0.05, 0) is 0 Å². The van der Waals surface area contributed by atoms with E-state index >= 15 is 0 Å². The van der Waals surface area contributed by atoms with E-state index in [4.69, 9.17) is 10.8 Å². The van der Waals surface area contributed by atoms with Crippen molar-refractivity contribution in [3.8, 4) is 0 Å². The van der Waals surface area contributed by atoms with Gasteiger partial charge in [-0.15, -0.1) is 12.4 Å². The molecule has 0 rings (SSSR count). The molecule has 0 heterocycles. The molecule has 15 heavy (non-hydrogen) atoms. The molecule has 3 N–H and O–H groups in total. The minimum atomic E-state index is -1.63. The Balaban J connectivity index is -0.0000000718. The number of thiol groups is 1. The molecule has 0 spiro atoms. The van der Waals surface area contributed by atoms with E-state index < -0.39 is 23.8 Å². The number of carboxylic acid groups (broad SMARTS) is 2. The number of carboxylic acids is 2. The Kier molecular flexibility index (Phi) is 23.2. The van der Waals surface area contributed by atoms with Crippen LogP contribution in [0.5, 0.6) is 0 Å². The van der Waals surface area contributed by atoms with Gasteiger partial charge in [0.05, 0.1) is 0 Å². The van der Waals surface area contributed by atoms with Crippen LogP contribution in [0.15, 0.2) is 0 Å². The molecule has 0 aliphatic rings. The third-order valence-electron chi connectivity index (χ3n) is 0.801. The number of halogens is 1. The summed E-state index contributed by atoms with van der Waals surface area (Å²) in [4.78, 5) is 28.5.